The van der Waals surface area contributed by atoms with E-state index in [9.17, 15) is 14.4 Å². The van der Waals surface area contributed by atoms with Crippen molar-refractivity contribution < 1.29 is 19.1 Å². The normalized spacial score (nSPS) is 20.7. The summed E-state index contributed by atoms with van der Waals surface area (Å²) in [6.07, 6.45) is 3.25. The third kappa shape index (κ3) is 4.22. The number of amides is 2. The van der Waals surface area contributed by atoms with Crippen molar-refractivity contribution in [1.29, 1.82) is 0 Å². The highest BCUT2D eigenvalue weighted by atomic mass is 16.5. The molecule has 1 aliphatic heterocycles. The summed E-state index contributed by atoms with van der Waals surface area (Å²) >= 11 is 0. The topological polar surface area (TPSA) is 140 Å². The number of likely N-dealkylation sites (tertiary alicyclic amines) is 1. The van der Waals surface area contributed by atoms with Gasteiger partial charge in [-0.2, -0.15) is 15.0 Å². The van der Waals surface area contributed by atoms with Crippen LogP contribution in [0.1, 0.15) is 31.5 Å². The minimum absolute atomic E-state index is 0.0246. The van der Waals surface area contributed by atoms with Crippen molar-refractivity contribution in [2.75, 3.05) is 17.6 Å². The number of benzene rings is 1. The monoisotopic (exact) mass is 410 g/mol. The molecular weight excluding hydrogens is 388 g/mol. The number of aromatic nitrogens is 3. The molecule has 3 N–H and O–H groups in total. The van der Waals surface area contributed by atoms with Crippen LogP contribution in [-0.4, -0.2) is 44.2 Å². The van der Waals surface area contributed by atoms with E-state index in [2.05, 4.69) is 20.3 Å². The number of para-hydroxylation sites is 1. The molecular formula is C20H22N6O4. The lowest BCUT2D eigenvalue weighted by Gasteiger charge is -2.19. The number of esters is 1. The molecule has 0 spiro atoms. The Labute approximate surface area is 172 Å². The van der Waals surface area contributed by atoms with Crippen molar-refractivity contribution in [3.63, 3.8) is 0 Å². The van der Waals surface area contributed by atoms with Gasteiger partial charge in [-0.1, -0.05) is 31.0 Å². The maximum atomic E-state index is 12.5. The standard InChI is InChI=1S/C20H22N6O4/c21-19-23-15(24-20(25-19)22-12-6-2-1-3-7-12)11-30-16(27)10-26-17(28)13-8-4-5-9-14(13)18(26)29/h1-3,6-7,13-14H,4-5,8-11H2,(H3,21,22,23,24,25)/t13-,14-/m1/s1. The number of nitrogen functional groups attached to an aromatic ring is 1. The SMILES string of the molecule is Nc1nc(COC(=O)CN2C(=O)[C@@H]3CCCC[C@H]3C2=O)nc(Nc2ccccc2)n1. The summed E-state index contributed by atoms with van der Waals surface area (Å²) in [4.78, 5) is 50.3. The molecule has 2 aliphatic rings. The van der Waals surface area contributed by atoms with Crippen LogP contribution in [0.4, 0.5) is 17.6 Å². The fourth-order valence-electron chi connectivity index (χ4n) is 3.92. The van der Waals surface area contributed by atoms with Crippen LogP contribution < -0.4 is 11.1 Å². The second kappa shape index (κ2) is 8.44. The quantitative estimate of drug-likeness (QED) is 0.534. The molecule has 0 bridgehead atoms. The van der Waals surface area contributed by atoms with E-state index < -0.39 is 12.5 Å². The molecule has 2 atom stereocenters. The van der Waals surface area contributed by atoms with Gasteiger partial charge in [-0.05, 0) is 25.0 Å². The first kappa shape index (κ1) is 19.7. The Morgan fingerprint density at radius 1 is 1.07 bits per heavy atom. The summed E-state index contributed by atoms with van der Waals surface area (Å²) in [6, 6.07) is 9.25. The Morgan fingerprint density at radius 3 is 2.40 bits per heavy atom. The van der Waals surface area contributed by atoms with Crippen LogP contribution in [0.15, 0.2) is 30.3 Å². The number of nitrogens with one attached hydrogen (secondary N) is 1. The number of fused-ring (bicyclic) bond motifs is 1. The van der Waals surface area contributed by atoms with Gasteiger partial charge in [-0.3, -0.25) is 19.3 Å². The predicted octanol–water partition coefficient (Wildman–Crippen LogP) is 1.42. The lowest BCUT2D eigenvalue weighted by Crippen LogP contribution is -2.36. The highest BCUT2D eigenvalue weighted by Gasteiger charge is 2.48. The van der Waals surface area contributed by atoms with Gasteiger partial charge in [0.2, 0.25) is 23.7 Å². The average molecular weight is 410 g/mol. The number of imide groups is 1. The molecule has 1 saturated carbocycles. The summed E-state index contributed by atoms with van der Waals surface area (Å²) in [5.74, 6) is -1.50. The molecule has 156 valence electrons. The van der Waals surface area contributed by atoms with Gasteiger partial charge in [-0.15, -0.1) is 0 Å². The number of carbonyl (C=O) groups is 3. The van der Waals surface area contributed by atoms with Crippen molar-refractivity contribution in [1.82, 2.24) is 19.9 Å². The molecule has 30 heavy (non-hydrogen) atoms. The number of nitrogens with zero attached hydrogens (tertiary/aromatic N) is 4. The first-order chi connectivity index (χ1) is 14.5. The molecule has 2 amide bonds. The highest BCUT2D eigenvalue weighted by Crippen LogP contribution is 2.37. The summed E-state index contributed by atoms with van der Waals surface area (Å²) < 4.78 is 5.18. The maximum Gasteiger partial charge on any atom is 0.326 e. The number of anilines is 3. The van der Waals surface area contributed by atoms with Crippen LogP contribution in [-0.2, 0) is 25.7 Å². The van der Waals surface area contributed by atoms with E-state index in [-0.39, 0.29) is 48.0 Å². The van der Waals surface area contributed by atoms with Crippen molar-refractivity contribution in [2.24, 2.45) is 11.8 Å². The zero-order chi connectivity index (χ0) is 21.1. The van der Waals surface area contributed by atoms with Crippen LogP contribution in [0.25, 0.3) is 0 Å². The molecule has 1 aliphatic carbocycles. The van der Waals surface area contributed by atoms with Crippen molar-refractivity contribution >= 4 is 35.4 Å². The van der Waals surface area contributed by atoms with Crippen LogP contribution in [0.5, 0.6) is 0 Å². The van der Waals surface area contributed by atoms with Crippen LogP contribution in [0, 0.1) is 11.8 Å². The van der Waals surface area contributed by atoms with E-state index in [0.29, 0.717) is 12.8 Å². The number of carbonyl (C=O) groups excluding carboxylic acids is 3. The second-order valence-electron chi connectivity index (χ2n) is 7.35. The molecule has 0 radical (unpaired) electrons. The van der Waals surface area contributed by atoms with Gasteiger partial charge >= 0.3 is 5.97 Å². The Balaban J connectivity index is 1.36. The van der Waals surface area contributed by atoms with E-state index in [1.807, 2.05) is 30.3 Å². The molecule has 1 aromatic heterocycles. The van der Waals surface area contributed by atoms with E-state index in [0.717, 1.165) is 23.4 Å². The van der Waals surface area contributed by atoms with Gasteiger partial charge in [0, 0.05) is 5.69 Å². The van der Waals surface area contributed by atoms with E-state index in [1.165, 1.54) is 0 Å². The number of nitrogens with two attached hydrogens (primary N) is 1. The molecule has 4 rings (SSSR count). The fourth-order valence-corrected chi connectivity index (χ4v) is 3.92. The Morgan fingerprint density at radius 2 is 1.73 bits per heavy atom. The number of rotatable bonds is 6. The Kier molecular flexibility index (Phi) is 5.55. The summed E-state index contributed by atoms with van der Waals surface area (Å²) in [5, 5.41) is 2.99. The third-order valence-corrected chi connectivity index (χ3v) is 5.31. The van der Waals surface area contributed by atoms with Gasteiger partial charge in [0.05, 0.1) is 11.8 Å². The molecule has 2 fully saturated rings. The van der Waals surface area contributed by atoms with Gasteiger partial charge < -0.3 is 15.8 Å². The number of hydrogen-bond acceptors (Lipinski definition) is 9. The summed E-state index contributed by atoms with van der Waals surface area (Å²) in [7, 11) is 0. The maximum absolute atomic E-state index is 12.5. The van der Waals surface area contributed by atoms with Crippen molar-refractivity contribution in [3.8, 4) is 0 Å². The zero-order valence-electron chi connectivity index (χ0n) is 16.3. The summed E-state index contributed by atoms with van der Waals surface area (Å²) in [5.41, 5.74) is 6.48. The van der Waals surface area contributed by atoms with Crippen LogP contribution >= 0.6 is 0 Å². The molecule has 1 saturated heterocycles. The van der Waals surface area contributed by atoms with Crippen LogP contribution in [0.2, 0.25) is 0 Å². The lowest BCUT2D eigenvalue weighted by molar-refractivity contribution is -0.154. The van der Waals surface area contributed by atoms with Crippen molar-refractivity contribution in [3.05, 3.63) is 36.2 Å². The molecule has 2 heterocycles. The second-order valence-corrected chi connectivity index (χ2v) is 7.35. The first-order valence-electron chi connectivity index (χ1n) is 9.84. The van der Waals surface area contributed by atoms with Gasteiger partial charge in [0.15, 0.2) is 12.4 Å². The minimum Gasteiger partial charge on any atom is -0.456 e. The number of ether oxygens (including phenoxy) is 1. The minimum atomic E-state index is -0.702. The fraction of sp³-hybridized carbons (Fsp3) is 0.400. The zero-order valence-corrected chi connectivity index (χ0v) is 16.3. The summed E-state index contributed by atoms with van der Waals surface area (Å²) in [6.45, 7) is -0.654. The number of hydrogen-bond donors (Lipinski definition) is 2. The first-order valence-corrected chi connectivity index (χ1v) is 9.84. The highest BCUT2D eigenvalue weighted by molar-refractivity contribution is 6.07. The Bertz CT molecular complexity index is 943. The molecule has 2 aromatic rings. The predicted molar refractivity (Wildman–Crippen MR) is 106 cm³/mol. The van der Waals surface area contributed by atoms with Crippen molar-refractivity contribution in [2.45, 2.75) is 32.3 Å². The largest absolute Gasteiger partial charge is 0.456 e. The van der Waals surface area contributed by atoms with Gasteiger partial charge in [-0.25, -0.2) is 0 Å². The molecule has 10 nitrogen and oxygen atoms in total. The molecule has 10 heteroatoms. The smallest absolute Gasteiger partial charge is 0.326 e. The average Bonchev–Trinajstić information content (AvgIpc) is 2.98. The van der Waals surface area contributed by atoms with Crippen LogP contribution in [0.3, 0.4) is 0 Å². The third-order valence-electron chi connectivity index (χ3n) is 5.31. The Hall–Kier alpha value is -3.56. The van der Waals surface area contributed by atoms with Gasteiger partial charge in [0.1, 0.15) is 6.54 Å². The van der Waals surface area contributed by atoms with E-state index in [4.69, 9.17) is 10.5 Å². The van der Waals surface area contributed by atoms with Gasteiger partial charge in [0.25, 0.3) is 0 Å². The molecule has 1 aromatic carbocycles. The van der Waals surface area contributed by atoms with E-state index >= 15 is 0 Å². The lowest BCUT2D eigenvalue weighted by atomic mass is 9.81. The van der Waals surface area contributed by atoms with E-state index in [1.54, 1.807) is 0 Å². The molecule has 0 unspecified atom stereocenters.